The molecular formula is C21H30N2O7S. The Bertz CT molecular complexity index is 894. The molecule has 1 fully saturated rings. The van der Waals surface area contributed by atoms with E-state index < -0.39 is 51.2 Å². The van der Waals surface area contributed by atoms with Crippen LogP contribution in [-0.4, -0.2) is 67.5 Å². The third-order valence-electron chi connectivity index (χ3n) is 4.49. The van der Waals surface area contributed by atoms with Gasteiger partial charge in [0.2, 0.25) is 5.91 Å². The van der Waals surface area contributed by atoms with Crippen LogP contribution in [0.4, 0.5) is 4.79 Å². The van der Waals surface area contributed by atoms with Gasteiger partial charge >= 0.3 is 12.1 Å². The van der Waals surface area contributed by atoms with Gasteiger partial charge in [-0.3, -0.25) is 4.79 Å². The number of carbonyl (C=O) groups excluding carboxylic acids is 3. The first-order chi connectivity index (χ1) is 14.4. The van der Waals surface area contributed by atoms with Crippen molar-refractivity contribution in [3.05, 3.63) is 35.9 Å². The summed E-state index contributed by atoms with van der Waals surface area (Å²) < 4.78 is 34.2. The molecule has 0 spiro atoms. The van der Waals surface area contributed by atoms with E-state index in [1.54, 1.807) is 20.8 Å². The number of amides is 2. The predicted molar refractivity (Wildman–Crippen MR) is 114 cm³/mol. The quantitative estimate of drug-likeness (QED) is 0.622. The first kappa shape index (κ1) is 24.6. The minimum Gasteiger partial charge on any atom is -0.459 e. The SMILES string of the molecule is CC(C)(C)OC(=O)NC(CS(C)(=O)=O)C(=O)N1CCCC1C(=O)OCc1ccccc1. The van der Waals surface area contributed by atoms with Gasteiger partial charge in [-0.25, -0.2) is 18.0 Å². The third kappa shape index (κ3) is 8.20. The van der Waals surface area contributed by atoms with Crippen molar-refractivity contribution in [3.8, 4) is 0 Å². The molecule has 0 radical (unpaired) electrons. The van der Waals surface area contributed by atoms with Crippen LogP contribution < -0.4 is 5.32 Å². The van der Waals surface area contributed by atoms with Crippen molar-refractivity contribution >= 4 is 27.8 Å². The molecule has 1 aromatic rings. The minimum absolute atomic E-state index is 0.0706. The topological polar surface area (TPSA) is 119 Å². The Labute approximate surface area is 183 Å². The van der Waals surface area contributed by atoms with E-state index in [0.717, 1.165) is 11.8 Å². The summed E-state index contributed by atoms with van der Waals surface area (Å²) in [7, 11) is -3.61. The van der Waals surface area contributed by atoms with E-state index in [9.17, 15) is 22.8 Å². The number of ether oxygens (including phenoxy) is 2. The van der Waals surface area contributed by atoms with Gasteiger partial charge in [0, 0.05) is 12.8 Å². The van der Waals surface area contributed by atoms with Crippen LogP contribution in [0.15, 0.2) is 30.3 Å². The number of hydrogen-bond acceptors (Lipinski definition) is 7. The largest absolute Gasteiger partial charge is 0.459 e. The molecule has 1 aliphatic rings. The molecular weight excluding hydrogens is 424 g/mol. The van der Waals surface area contributed by atoms with E-state index in [4.69, 9.17) is 9.47 Å². The lowest BCUT2D eigenvalue weighted by atomic mass is 10.2. The van der Waals surface area contributed by atoms with E-state index in [1.807, 2.05) is 30.3 Å². The van der Waals surface area contributed by atoms with Crippen LogP contribution in [0.2, 0.25) is 0 Å². The fraction of sp³-hybridized carbons (Fsp3) is 0.571. The van der Waals surface area contributed by atoms with Gasteiger partial charge in [0.05, 0.1) is 5.75 Å². The smallest absolute Gasteiger partial charge is 0.408 e. The summed E-state index contributed by atoms with van der Waals surface area (Å²) in [6, 6.07) is 6.93. The Hall–Kier alpha value is -2.62. The zero-order valence-electron chi connectivity index (χ0n) is 18.3. The number of alkyl carbamates (subject to hydrolysis) is 1. The standard InChI is InChI=1S/C21H30N2O7S/c1-21(2,3)30-20(26)22-16(14-31(4,27)28)18(24)23-12-8-11-17(23)19(25)29-13-15-9-6-5-7-10-15/h5-7,9-10,16-17H,8,11-14H2,1-4H3,(H,22,26). The predicted octanol–water partition coefficient (Wildman–Crippen LogP) is 1.66. The molecule has 1 aliphatic heterocycles. The van der Waals surface area contributed by atoms with E-state index in [0.29, 0.717) is 12.8 Å². The second kappa shape index (κ2) is 10.1. The van der Waals surface area contributed by atoms with Crippen molar-refractivity contribution in [2.75, 3.05) is 18.6 Å². The average molecular weight is 455 g/mol. The molecule has 1 aromatic carbocycles. The average Bonchev–Trinajstić information content (AvgIpc) is 3.13. The number of rotatable bonds is 7. The van der Waals surface area contributed by atoms with Crippen LogP contribution in [0.3, 0.4) is 0 Å². The van der Waals surface area contributed by atoms with Crippen LogP contribution in [0.5, 0.6) is 0 Å². The van der Waals surface area contributed by atoms with Gasteiger partial charge in [-0.15, -0.1) is 0 Å². The second-order valence-electron chi connectivity index (χ2n) is 8.57. The van der Waals surface area contributed by atoms with E-state index in [1.165, 1.54) is 4.90 Å². The van der Waals surface area contributed by atoms with Crippen molar-refractivity contribution in [3.63, 3.8) is 0 Å². The summed E-state index contributed by atoms with van der Waals surface area (Å²) in [5, 5.41) is 2.34. The van der Waals surface area contributed by atoms with Crippen molar-refractivity contribution in [1.82, 2.24) is 10.2 Å². The van der Waals surface area contributed by atoms with Gasteiger partial charge in [0.25, 0.3) is 0 Å². The normalized spacial score (nSPS) is 17.7. The summed E-state index contributed by atoms with van der Waals surface area (Å²) >= 11 is 0. The Morgan fingerprint density at radius 1 is 1.19 bits per heavy atom. The third-order valence-corrected chi connectivity index (χ3v) is 5.43. The lowest BCUT2D eigenvalue weighted by Crippen LogP contribution is -2.55. The van der Waals surface area contributed by atoms with E-state index >= 15 is 0 Å². The van der Waals surface area contributed by atoms with Crippen molar-refractivity contribution in [2.24, 2.45) is 0 Å². The first-order valence-corrected chi connectivity index (χ1v) is 12.1. The number of nitrogens with one attached hydrogen (secondary N) is 1. The molecule has 0 saturated carbocycles. The monoisotopic (exact) mass is 454 g/mol. The Morgan fingerprint density at radius 2 is 1.84 bits per heavy atom. The van der Waals surface area contributed by atoms with E-state index in [2.05, 4.69) is 5.32 Å². The summed E-state index contributed by atoms with van der Waals surface area (Å²) in [6.45, 7) is 5.29. The Kier molecular flexibility index (Phi) is 8.05. The van der Waals surface area contributed by atoms with Gasteiger partial charge in [-0.2, -0.15) is 0 Å². The second-order valence-corrected chi connectivity index (χ2v) is 10.8. The molecule has 0 bridgehead atoms. The number of sulfone groups is 1. The highest BCUT2D eigenvalue weighted by Crippen LogP contribution is 2.21. The van der Waals surface area contributed by atoms with Crippen LogP contribution in [0.25, 0.3) is 0 Å². The van der Waals surface area contributed by atoms with Crippen molar-refractivity contribution in [1.29, 1.82) is 0 Å². The van der Waals surface area contributed by atoms with Gasteiger partial charge in [-0.1, -0.05) is 30.3 Å². The highest BCUT2D eigenvalue weighted by molar-refractivity contribution is 7.90. The fourth-order valence-corrected chi connectivity index (χ4v) is 4.06. The van der Waals surface area contributed by atoms with Gasteiger partial charge in [0.1, 0.15) is 34.1 Å². The number of nitrogens with zero attached hydrogens (tertiary/aromatic N) is 1. The van der Waals surface area contributed by atoms with E-state index in [-0.39, 0.29) is 13.2 Å². The maximum atomic E-state index is 13.1. The lowest BCUT2D eigenvalue weighted by Gasteiger charge is -2.28. The molecule has 0 aliphatic carbocycles. The Balaban J connectivity index is 2.10. The number of likely N-dealkylation sites (tertiary alicyclic amines) is 1. The maximum absolute atomic E-state index is 13.1. The summed E-state index contributed by atoms with van der Waals surface area (Å²) in [6.07, 6.45) is 1.03. The molecule has 2 amide bonds. The number of hydrogen-bond donors (Lipinski definition) is 1. The van der Waals surface area contributed by atoms with Crippen LogP contribution in [0.1, 0.15) is 39.2 Å². The molecule has 2 unspecified atom stereocenters. The number of carbonyl (C=O) groups is 3. The van der Waals surface area contributed by atoms with Gasteiger partial charge in [0.15, 0.2) is 0 Å². The first-order valence-electron chi connectivity index (χ1n) is 10.0. The van der Waals surface area contributed by atoms with Gasteiger partial charge < -0.3 is 19.7 Å². The number of esters is 1. The molecule has 2 rings (SSSR count). The molecule has 1 N–H and O–H groups in total. The Morgan fingerprint density at radius 3 is 2.42 bits per heavy atom. The summed E-state index contributed by atoms with van der Waals surface area (Å²) in [5.74, 6) is -1.83. The van der Waals surface area contributed by atoms with Crippen molar-refractivity contribution in [2.45, 2.75) is 57.9 Å². The molecule has 2 atom stereocenters. The van der Waals surface area contributed by atoms with Crippen LogP contribution >= 0.6 is 0 Å². The molecule has 31 heavy (non-hydrogen) atoms. The maximum Gasteiger partial charge on any atom is 0.408 e. The summed E-state index contributed by atoms with van der Waals surface area (Å²) in [5.41, 5.74) is -0.00604. The molecule has 172 valence electrons. The zero-order chi connectivity index (χ0) is 23.2. The van der Waals surface area contributed by atoms with Crippen LogP contribution in [0, 0.1) is 0 Å². The number of benzene rings is 1. The van der Waals surface area contributed by atoms with Gasteiger partial charge in [-0.05, 0) is 39.2 Å². The molecule has 0 aromatic heterocycles. The molecule has 1 heterocycles. The minimum atomic E-state index is -3.61. The van der Waals surface area contributed by atoms with Crippen LogP contribution in [-0.2, 0) is 35.5 Å². The summed E-state index contributed by atoms with van der Waals surface area (Å²) in [4.78, 5) is 39.1. The highest BCUT2D eigenvalue weighted by atomic mass is 32.2. The highest BCUT2D eigenvalue weighted by Gasteiger charge is 2.40. The molecule has 10 heteroatoms. The van der Waals surface area contributed by atoms with Crippen molar-refractivity contribution < 1.29 is 32.3 Å². The lowest BCUT2D eigenvalue weighted by molar-refractivity contribution is -0.154. The zero-order valence-corrected chi connectivity index (χ0v) is 19.1. The molecule has 1 saturated heterocycles. The fourth-order valence-electron chi connectivity index (χ4n) is 3.23. The molecule has 9 nitrogen and oxygen atoms in total.